The van der Waals surface area contributed by atoms with E-state index in [1.807, 2.05) is 4.68 Å². The zero-order chi connectivity index (χ0) is 9.97. The Morgan fingerprint density at radius 1 is 1.57 bits per heavy atom. The first kappa shape index (κ1) is 9.65. The summed E-state index contributed by atoms with van der Waals surface area (Å²) < 4.78 is 1.98. The van der Waals surface area contributed by atoms with Crippen LogP contribution in [0.25, 0.3) is 0 Å². The fourth-order valence-electron chi connectivity index (χ4n) is 1.68. The van der Waals surface area contributed by atoms with Crippen LogP contribution in [0.2, 0.25) is 0 Å². The van der Waals surface area contributed by atoms with Crippen LogP contribution in [0.1, 0.15) is 45.0 Å². The summed E-state index contributed by atoms with van der Waals surface area (Å²) in [5, 5.41) is 7.70. The quantitative estimate of drug-likeness (QED) is 0.790. The lowest BCUT2D eigenvalue weighted by Gasteiger charge is -2.26. The van der Waals surface area contributed by atoms with Gasteiger partial charge in [-0.25, -0.2) is 9.67 Å². The Labute approximate surface area is 84.7 Å². The molecule has 2 rings (SSSR count). The van der Waals surface area contributed by atoms with Crippen LogP contribution in [0.15, 0.2) is 6.33 Å². The normalized spacial score (nSPS) is 17.4. The molecule has 0 unspecified atom stereocenters. The Hall–Kier alpha value is -0.900. The second-order valence-electron chi connectivity index (χ2n) is 4.22. The standard InChI is InChI=1S/C10H18N4/c1-8(2)14-10(12-7-13-14)6-11-9-4-3-5-9/h7-9,11H,3-6H2,1-2H3. The predicted molar refractivity (Wildman–Crippen MR) is 54.9 cm³/mol. The van der Waals surface area contributed by atoms with Crippen molar-refractivity contribution < 1.29 is 0 Å². The molecule has 0 aromatic carbocycles. The van der Waals surface area contributed by atoms with Crippen molar-refractivity contribution in [3.63, 3.8) is 0 Å². The molecule has 1 heterocycles. The second kappa shape index (κ2) is 4.09. The minimum absolute atomic E-state index is 0.399. The van der Waals surface area contributed by atoms with Crippen molar-refractivity contribution in [3.8, 4) is 0 Å². The van der Waals surface area contributed by atoms with Gasteiger partial charge in [0, 0.05) is 12.1 Å². The van der Waals surface area contributed by atoms with E-state index in [0.29, 0.717) is 12.1 Å². The minimum atomic E-state index is 0.399. The number of hydrogen-bond acceptors (Lipinski definition) is 3. The Balaban J connectivity index is 1.90. The van der Waals surface area contributed by atoms with Crippen LogP contribution >= 0.6 is 0 Å². The molecule has 0 atom stereocenters. The first-order chi connectivity index (χ1) is 6.77. The molecule has 1 aromatic heterocycles. The lowest BCUT2D eigenvalue weighted by Crippen LogP contribution is -2.35. The third-order valence-corrected chi connectivity index (χ3v) is 2.79. The largest absolute Gasteiger partial charge is 0.307 e. The van der Waals surface area contributed by atoms with Gasteiger partial charge in [0.05, 0.1) is 6.54 Å². The Morgan fingerprint density at radius 2 is 2.36 bits per heavy atom. The summed E-state index contributed by atoms with van der Waals surface area (Å²) >= 11 is 0. The van der Waals surface area contributed by atoms with E-state index < -0.39 is 0 Å². The molecule has 1 aromatic rings. The van der Waals surface area contributed by atoms with Gasteiger partial charge in [-0.3, -0.25) is 0 Å². The molecule has 4 heteroatoms. The Morgan fingerprint density at radius 3 is 2.93 bits per heavy atom. The van der Waals surface area contributed by atoms with Crippen LogP contribution in [-0.2, 0) is 6.54 Å². The average molecular weight is 194 g/mol. The zero-order valence-corrected chi connectivity index (χ0v) is 8.90. The molecule has 0 amide bonds. The summed E-state index contributed by atoms with van der Waals surface area (Å²) in [5.41, 5.74) is 0. The maximum Gasteiger partial charge on any atom is 0.141 e. The van der Waals surface area contributed by atoms with E-state index in [9.17, 15) is 0 Å². The van der Waals surface area contributed by atoms with E-state index in [2.05, 4.69) is 29.2 Å². The number of rotatable bonds is 4. The van der Waals surface area contributed by atoms with Crippen molar-refractivity contribution >= 4 is 0 Å². The third-order valence-electron chi connectivity index (χ3n) is 2.79. The minimum Gasteiger partial charge on any atom is -0.307 e. The second-order valence-corrected chi connectivity index (χ2v) is 4.22. The number of nitrogens with one attached hydrogen (secondary N) is 1. The van der Waals surface area contributed by atoms with E-state index in [1.165, 1.54) is 19.3 Å². The van der Waals surface area contributed by atoms with Crippen molar-refractivity contribution in [2.24, 2.45) is 0 Å². The molecule has 1 saturated carbocycles. The summed E-state index contributed by atoms with van der Waals surface area (Å²) in [4.78, 5) is 4.26. The molecule has 0 bridgehead atoms. The van der Waals surface area contributed by atoms with Gasteiger partial charge in [0.2, 0.25) is 0 Å². The van der Waals surface area contributed by atoms with Gasteiger partial charge in [-0.15, -0.1) is 0 Å². The summed E-state index contributed by atoms with van der Waals surface area (Å²) in [6, 6.07) is 1.11. The molecule has 0 aliphatic heterocycles. The van der Waals surface area contributed by atoms with Crippen LogP contribution < -0.4 is 5.32 Å². The van der Waals surface area contributed by atoms with Crippen LogP contribution in [-0.4, -0.2) is 20.8 Å². The average Bonchev–Trinajstić information content (AvgIpc) is 2.49. The Kier molecular flexibility index (Phi) is 2.82. The molecule has 0 saturated heterocycles. The molecule has 14 heavy (non-hydrogen) atoms. The van der Waals surface area contributed by atoms with Gasteiger partial charge in [-0.1, -0.05) is 6.42 Å². The van der Waals surface area contributed by atoms with E-state index in [0.717, 1.165) is 12.4 Å². The van der Waals surface area contributed by atoms with Crippen molar-refractivity contribution in [2.75, 3.05) is 0 Å². The molecule has 0 spiro atoms. The summed E-state index contributed by atoms with van der Waals surface area (Å²) in [6.07, 6.45) is 5.64. The highest BCUT2D eigenvalue weighted by Gasteiger charge is 2.17. The van der Waals surface area contributed by atoms with E-state index >= 15 is 0 Å². The van der Waals surface area contributed by atoms with Gasteiger partial charge in [-0.2, -0.15) is 5.10 Å². The molecular weight excluding hydrogens is 176 g/mol. The fourth-order valence-corrected chi connectivity index (χ4v) is 1.68. The summed E-state index contributed by atoms with van der Waals surface area (Å²) in [7, 11) is 0. The van der Waals surface area contributed by atoms with Crippen LogP contribution in [0.3, 0.4) is 0 Å². The molecule has 1 aliphatic carbocycles. The number of nitrogens with zero attached hydrogens (tertiary/aromatic N) is 3. The van der Waals surface area contributed by atoms with E-state index in [-0.39, 0.29) is 0 Å². The molecule has 0 radical (unpaired) electrons. The van der Waals surface area contributed by atoms with Crippen LogP contribution in [0, 0.1) is 0 Å². The third kappa shape index (κ3) is 1.95. The first-order valence-corrected chi connectivity index (χ1v) is 5.39. The zero-order valence-electron chi connectivity index (χ0n) is 8.90. The van der Waals surface area contributed by atoms with Crippen LogP contribution in [0.5, 0.6) is 0 Å². The van der Waals surface area contributed by atoms with Gasteiger partial charge < -0.3 is 5.32 Å². The summed E-state index contributed by atoms with van der Waals surface area (Å²) in [6.45, 7) is 5.10. The van der Waals surface area contributed by atoms with Crippen molar-refractivity contribution in [3.05, 3.63) is 12.2 Å². The predicted octanol–water partition coefficient (Wildman–Crippen LogP) is 1.50. The fraction of sp³-hybridized carbons (Fsp3) is 0.800. The van der Waals surface area contributed by atoms with E-state index in [4.69, 9.17) is 0 Å². The molecular formula is C10H18N4. The first-order valence-electron chi connectivity index (χ1n) is 5.39. The monoisotopic (exact) mass is 194 g/mol. The molecule has 1 N–H and O–H groups in total. The lowest BCUT2D eigenvalue weighted by atomic mass is 9.93. The molecule has 4 nitrogen and oxygen atoms in total. The molecule has 1 aliphatic rings. The Bertz CT molecular complexity index is 288. The number of hydrogen-bond donors (Lipinski definition) is 1. The summed E-state index contributed by atoms with van der Waals surface area (Å²) in [5.74, 6) is 1.05. The van der Waals surface area contributed by atoms with E-state index in [1.54, 1.807) is 6.33 Å². The van der Waals surface area contributed by atoms with Crippen molar-refractivity contribution in [1.29, 1.82) is 0 Å². The van der Waals surface area contributed by atoms with Gasteiger partial charge >= 0.3 is 0 Å². The van der Waals surface area contributed by atoms with Gasteiger partial charge in [0.25, 0.3) is 0 Å². The number of aromatic nitrogens is 3. The van der Waals surface area contributed by atoms with Crippen molar-refractivity contribution in [2.45, 2.75) is 51.7 Å². The van der Waals surface area contributed by atoms with Gasteiger partial charge in [-0.05, 0) is 26.7 Å². The molecule has 78 valence electrons. The van der Waals surface area contributed by atoms with Gasteiger partial charge in [0.1, 0.15) is 12.2 Å². The maximum absolute atomic E-state index is 4.26. The SMILES string of the molecule is CC(C)n1ncnc1CNC1CCC1. The van der Waals surface area contributed by atoms with Crippen molar-refractivity contribution in [1.82, 2.24) is 20.1 Å². The molecule has 1 fully saturated rings. The topological polar surface area (TPSA) is 42.7 Å². The smallest absolute Gasteiger partial charge is 0.141 e. The van der Waals surface area contributed by atoms with Crippen LogP contribution in [0.4, 0.5) is 0 Å². The highest BCUT2D eigenvalue weighted by atomic mass is 15.4. The highest BCUT2D eigenvalue weighted by Crippen LogP contribution is 2.18. The highest BCUT2D eigenvalue weighted by molar-refractivity contribution is 4.88. The maximum atomic E-state index is 4.26. The lowest BCUT2D eigenvalue weighted by molar-refractivity contribution is 0.330. The van der Waals surface area contributed by atoms with Gasteiger partial charge in [0.15, 0.2) is 0 Å².